The average Bonchev–Trinajstić information content (AvgIpc) is 2.82. The maximum absolute atomic E-state index is 10.6. The average molecular weight is 395 g/mol. The molecule has 2 heteroatoms. The van der Waals surface area contributed by atoms with Gasteiger partial charge in [-0.1, -0.05) is 97.4 Å². The van der Waals surface area contributed by atoms with Gasteiger partial charge >= 0.3 is 0 Å². The van der Waals surface area contributed by atoms with E-state index >= 15 is 0 Å². The molecule has 0 bridgehead atoms. The third-order valence-electron chi connectivity index (χ3n) is 6.61. The van der Waals surface area contributed by atoms with Crippen molar-refractivity contribution in [1.29, 1.82) is 5.26 Å². The van der Waals surface area contributed by atoms with Crippen LogP contribution in [0.4, 0.5) is 0 Å². The van der Waals surface area contributed by atoms with E-state index < -0.39 is 5.41 Å². The first-order valence-corrected chi connectivity index (χ1v) is 11.1. The summed E-state index contributed by atoms with van der Waals surface area (Å²) >= 11 is 0. The van der Waals surface area contributed by atoms with Crippen molar-refractivity contribution in [2.45, 2.75) is 43.6 Å². The van der Waals surface area contributed by atoms with E-state index in [-0.39, 0.29) is 0 Å². The second-order valence-electron chi connectivity index (χ2n) is 8.40. The van der Waals surface area contributed by atoms with Crippen LogP contribution in [-0.4, -0.2) is 12.6 Å². The van der Waals surface area contributed by atoms with Crippen molar-refractivity contribution >= 4 is 0 Å². The Bertz CT molecular complexity index is 905. The van der Waals surface area contributed by atoms with Gasteiger partial charge in [0.05, 0.1) is 6.07 Å². The van der Waals surface area contributed by atoms with E-state index in [0.29, 0.717) is 12.0 Å². The molecule has 0 saturated heterocycles. The molecule has 0 unspecified atom stereocenters. The molecule has 0 aromatic heterocycles. The summed E-state index contributed by atoms with van der Waals surface area (Å²) in [5, 5.41) is 14.4. The fraction of sp³-hybridized carbons (Fsp3) is 0.321. The van der Waals surface area contributed by atoms with Crippen molar-refractivity contribution in [3.05, 3.63) is 108 Å². The Hall–Kier alpha value is -2.89. The van der Waals surface area contributed by atoms with E-state index in [1.54, 1.807) is 0 Å². The summed E-state index contributed by atoms with van der Waals surface area (Å²) in [6.45, 7) is 0.984. The molecule has 0 heterocycles. The van der Waals surface area contributed by atoms with Gasteiger partial charge in [0.15, 0.2) is 0 Å². The van der Waals surface area contributed by atoms with Gasteiger partial charge in [0, 0.05) is 6.04 Å². The van der Waals surface area contributed by atoms with Crippen LogP contribution in [0.25, 0.3) is 0 Å². The van der Waals surface area contributed by atoms with Crippen LogP contribution in [0.15, 0.2) is 91.0 Å². The summed E-state index contributed by atoms with van der Waals surface area (Å²) in [6.07, 6.45) is 5.52. The molecular formula is C28H30N2. The summed E-state index contributed by atoms with van der Waals surface area (Å²) in [4.78, 5) is 0. The number of rotatable bonds is 7. The van der Waals surface area contributed by atoms with Crippen molar-refractivity contribution in [2.24, 2.45) is 5.92 Å². The van der Waals surface area contributed by atoms with Gasteiger partial charge in [-0.25, -0.2) is 0 Å². The molecule has 3 aromatic rings. The first-order chi connectivity index (χ1) is 14.8. The number of hydrogen-bond donors (Lipinski definition) is 1. The molecule has 1 N–H and O–H groups in total. The third-order valence-corrected chi connectivity index (χ3v) is 6.61. The third kappa shape index (κ3) is 4.32. The fourth-order valence-corrected chi connectivity index (χ4v) is 5.09. The lowest BCUT2D eigenvalue weighted by atomic mass is 9.61. The van der Waals surface area contributed by atoms with Crippen LogP contribution in [0.3, 0.4) is 0 Å². The van der Waals surface area contributed by atoms with Crippen molar-refractivity contribution in [1.82, 2.24) is 5.32 Å². The molecule has 0 aliphatic heterocycles. The lowest BCUT2D eigenvalue weighted by molar-refractivity contribution is 0.235. The number of nitrogens with one attached hydrogen (secondary N) is 1. The molecule has 1 saturated carbocycles. The summed E-state index contributed by atoms with van der Waals surface area (Å²) < 4.78 is 0. The first-order valence-electron chi connectivity index (χ1n) is 11.1. The minimum absolute atomic E-state index is 0.301. The molecule has 30 heavy (non-hydrogen) atoms. The second-order valence-corrected chi connectivity index (χ2v) is 8.40. The summed E-state index contributed by atoms with van der Waals surface area (Å²) in [5.41, 5.74) is 3.02. The van der Waals surface area contributed by atoms with Crippen molar-refractivity contribution in [2.75, 3.05) is 6.54 Å². The maximum atomic E-state index is 10.6. The van der Waals surface area contributed by atoms with Gasteiger partial charge in [-0.05, 0) is 54.8 Å². The van der Waals surface area contributed by atoms with Gasteiger partial charge in [0.25, 0.3) is 0 Å². The topological polar surface area (TPSA) is 35.8 Å². The van der Waals surface area contributed by atoms with Gasteiger partial charge in [-0.2, -0.15) is 5.26 Å². The minimum Gasteiger partial charge on any atom is -0.314 e. The lowest BCUT2D eigenvalue weighted by Gasteiger charge is -2.41. The van der Waals surface area contributed by atoms with Crippen LogP contribution in [0.1, 0.15) is 42.4 Å². The zero-order valence-corrected chi connectivity index (χ0v) is 17.5. The Morgan fingerprint density at radius 1 is 0.800 bits per heavy atom. The van der Waals surface area contributed by atoms with Crippen LogP contribution in [0, 0.1) is 17.2 Å². The molecule has 3 aromatic carbocycles. The summed E-state index contributed by atoms with van der Waals surface area (Å²) in [6, 6.07) is 34.7. The van der Waals surface area contributed by atoms with Gasteiger partial charge in [0.1, 0.15) is 5.41 Å². The quantitative estimate of drug-likeness (QED) is 0.542. The zero-order valence-electron chi connectivity index (χ0n) is 17.5. The molecule has 1 fully saturated rings. The van der Waals surface area contributed by atoms with E-state index in [1.165, 1.54) is 12.0 Å². The predicted octanol–water partition coefficient (Wildman–Crippen LogP) is 5.89. The Balaban J connectivity index is 1.54. The van der Waals surface area contributed by atoms with Crippen molar-refractivity contribution in [3.63, 3.8) is 0 Å². The molecule has 4 rings (SSSR count). The predicted molar refractivity (Wildman–Crippen MR) is 123 cm³/mol. The number of hydrogen-bond acceptors (Lipinski definition) is 2. The maximum Gasteiger partial charge on any atom is 0.110 e. The van der Waals surface area contributed by atoms with Crippen LogP contribution in [-0.2, 0) is 11.8 Å². The number of nitriles is 1. The normalized spacial score (nSPS) is 19.2. The van der Waals surface area contributed by atoms with E-state index in [4.69, 9.17) is 0 Å². The highest BCUT2D eigenvalue weighted by atomic mass is 14.9. The Morgan fingerprint density at radius 3 is 1.93 bits per heavy atom. The Kier molecular flexibility index (Phi) is 6.62. The summed E-state index contributed by atoms with van der Waals surface area (Å²) in [5.74, 6) is 0.301. The molecule has 0 spiro atoms. The van der Waals surface area contributed by atoms with E-state index in [1.807, 2.05) is 12.1 Å². The number of benzene rings is 3. The monoisotopic (exact) mass is 394 g/mol. The Labute approximate surface area is 180 Å². The van der Waals surface area contributed by atoms with Crippen LogP contribution >= 0.6 is 0 Å². The van der Waals surface area contributed by atoms with Gasteiger partial charge in [0.2, 0.25) is 0 Å². The van der Waals surface area contributed by atoms with E-state index in [2.05, 4.69) is 90.2 Å². The lowest BCUT2D eigenvalue weighted by Crippen LogP contribution is -2.43. The largest absolute Gasteiger partial charge is 0.314 e. The first kappa shape index (κ1) is 20.4. The van der Waals surface area contributed by atoms with Crippen LogP contribution in [0.5, 0.6) is 0 Å². The van der Waals surface area contributed by atoms with Gasteiger partial charge < -0.3 is 5.32 Å². The highest BCUT2D eigenvalue weighted by Crippen LogP contribution is 2.45. The molecule has 0 radical (unpaired) electrons. The highest BCUT2D eigenvalue weighted by molar-refractivity contribution is 5.47. The molecule has 1 aliphatic carbocycles. The fourth-order valence-electron chi connectivity index (χ4n) is 5.09. The van der Waals surface area contributed by atoms with E-state index in [9.17, 15) is 5.26 Å². The summed E-state index contributed by atoms with van der Waals surface area (Å²) in [7, 11) is 0. The standard InChI is InChI=1S/C28H30N2/c29-22-28(24-13-6-2-7-14-24,25-15-8-3-9-16-25)26-17-10-18-27(21-26)30-20-19-23-11-4-1-5-12-23/h1-9,11-16,26-27,30H,10,17-21H2/t26-,27-/m1/s1. The second kappa shape index (κ2) is 9.74. The SMILES string of the molecule is N#CC(c1ccccc1)(c1ccccc1)[C@@H]1CCC[C@@H](NCCc2ccccc2)C1. The molecular weight excluding hydrogens is 364 g/mol. The smallest absolute Gasteiger partial charge is 0.110 e. The Morgan fingerprint density at radius 2 is 1.37 bits per heavy atom. The van der Waals surface area contributed by atoms with Crippen LogP contribution < -0.4 is 5.32 Å². The molecule has 2 atom stereocenters. The van der Waals surface area contributed by atoms with Gasteiger partial charge in [-0.15, -0.1) is 0 Å². The van der Waals surface area contributed by atoms with E-state index in [0.717, 1.165) is 43.4 Å². The van der Waals surface area contributed by atoms with Crippen molar-refractivity contribution in [3.8, 4) is 6.07 Å². The zero-order chi connectivity index (χ0) is 20.7. The van der Waals surface area contributed by atoms with Crippen molar-refractivity contribution < 1.29 is 0 Å². The minimum atomic E-state index is -0.595. The highest BCUT2D eigenvalue weighted by Gasteiger charge is 2.44. The molecule has 0 amide bonds. The molecule has 1 aliphatic rings. The number of nitrogens with zero attached hydrogens (tertiary/aromatic N) is 1. The molecule has 2 nitrogen and oxygen atoms in total. The van der Waals surface area contributed by atoms with Gasteiger partial charge in [-0.3, -0.25) is 0 Å². The van der Waals surface area contributed by atoms with Crippen LogP contribution in [0.2, 0.25) is 0 Å². The molecule has 152 valence electrons.